The van der Waals surface area contributed by atoms with Gasteiger partial charge >= 0.3 is 0 Å². The summed E-state index contributed by atoms with van der Waals surface area (Å²) in [6, 6.07) is 64.7. The van der Waals surface area contributed by atoms with Gasteiger partial charge < -0.3 is 10.2 Å². The molecule has 0 amide bonds. The molecule has 2 aliphatic rings. The van der Waals surface area contributed by atoms with Crippen molar-refractivity contribution in [2.24, 2.45) is 0 Å². The van der Waals surface area contributed by atoms with E-state index in [0.29, 0.717) is 0 Å². The third-order valence-electron chi connectivity index (χ3n) is 12.6. The molecule has 0 bridgehead atoms. The molecular formula is C56H46BN2. The van der Waals surface area contributed by atoms with Gasteiger partial charge in [0.25, 0.3) is 0 Å². The minimum absolute atomic E-state index is 0.194. The van der Waals surface area contributed by atoms with E-state index in [1.165, 1.54) is 72.2 Å². The van der Waals surface area contributed by atoms with Crippen molar-refractivity contribution >= 4 is 46.6 Å². The van der Waals surface area contributed by atoms with Gasteiger partial charge in [-0.15, -0.1) is 0 Å². The molecule has 0 atom stereocenters. The predicted octanol–water partition coefficient (Wildman–Crippen LogP) is 13.3. The van der Waals surface area contributed by atoms with E-state index in [2.05, 4.69) is 216 Å². The summed E-state index contributed by atoms with van der Waals surface area (Å²) in [7, 11) is 2.46. The van der Waals surface area contributed by atoms with Gasteiger partial charge in [0.15, 0.2) is 7.28 Å². The number of nitrogens with zero attached hydrogens (tertiary/aromatic N) is 1. The second kappa shape index (κ2) is 14.6. The Morgan fingerprint density at radius 3 is 2.14 bits per heavy atom. The van der Waals surface area contributed by atoms with Gasteiger partial charge in [0, 0.05) is 39.2 Å². The number of hydrogen-bond donors (Lipinski definition) is 1. The maximum atomic E-state index is 3.95. The number of hydrogen-bond acceptors (Lipinski definition) is 2. The van der Waals surface area contributed by atoms with Crippen molar-refractivity contribution in [2.75, 3.05) is 10.2 Å². The first-order valence-corrected chi connectivity index (χ1v) is 20.9. The molecule has 2 heterocycles. The first-order valence-electron chi connectivity index (χ1n) is 20.9. The Balaban J connectivity index is 1.31. The highest BCUT2D eigenvalue weighted by atomic mass is 15.2. The number of rotatable bonds is 7. The zero-order valence-electron chi connectivity index (χ0n) is 34.4. The monoisotopic (exact) mass is 757 g/mol. The summed E-state index contributed by atoms with van der Waals surface area (Å²) in [5.74, 6) is 0. The molecule has 1 radical (unpaired) electrons. The van der Waals surface area contributed by atoms with Crippen molar-refractivity contribution in [3.8, 4) is 44.5 Å². The Kier molecular flexibility index (Phi) is 9.03. The fraction of sp³-hybridized carbons (Fsp3) is 0.143. The Morgan fingerprint density at radius 2 is 1.32 bits per heavy atom. The Bertz CT molecular complexity index is 2910. The number of anilines is 5. The van der Waals surface area contributed by atoms with Crippen LogP contribution in [0.1, 0.15) is 55.0 Å². The number of benzene rings is 7. The van der Waals surface area contributed by atoms with Crippen LogP contribution in [0.4, 0.5) is 28.4 Å². The fourth-order valence-electron chi connectivity index (χ4n) is 9.62. The van der Waals surface area contributed by atoms with Crippen molar-refractivity contribution in [1.29, 1.82) is 0 Å². The van der Waals surface area contributed by atoms with Gasteiger partial charge in [-0.3, -0.25) is 0 Å². The summed E-state index contributed by atoms with van der Waals surface area (Å²) in [5, 5.41) is 3.95. The van der Waals surface area contributed by atoms with Gasteiger partial charge in [-0.2, -0.15) is 0 Å². The Hall–Kier alpha value is -6.76. The highest BCUT2D eigenvalue weighted by Gasteiger charge is 2.36. The smallest absolute Gasteiger partial charge is 0.197 e. The first-order chi connectivity index (χ1) is 28.8. The Morgan fingerprint density at radius 1 is 0.593 bits per heavy atom. The van der Waals surface area contributed by atoms with E-state index in [1.54, 1.807) is 0 Å². The highest BCUT2D eigenvalue weighted by Crippen LogP contribution is 2.50. The van der Waals surface area contributed by atoms with E-state index in [0.717, 1.165) is 52.3 Å². The van der Waals surface area contributed by atoms with Crippen LogP contribution in [0.15, 0.2) is 158 Å². The predicted molar refractivity (Wildman–Crippen MR) is 251 cm³/mol. The molecule has 10 rings (SSSR count). The molecule has 8 aromatic rings. The lowest BCUT2D eigenvalue weighted by Crippen LogP contribution is -2.41. The minimum Gasteiger partial charge on any atom is -0.355 e. The standard InChI is InChI=1S/C56H46BN2/c1-6-19-39-33-52-49(35-45(39)42-25-13-11-21-37(42)3)57-54-46(44-27-18-29-48-55(44)58-50-30-16-15-28-47(50)56(48,4)5)32-40(41-24-12-10-20-36(41)2)34-53(54)59(52)51-31-17-14-26-43(51)38-22-8-7-9-23-38/h7-9,11-18,21-35,58H,6,19H2,1-5H3. The van der Waals surface area contributed by atoms with Crippen molar-refractivity contribution in [3.05, 3.63) is 198 Å². The molecule has 59 heavy (non-hydrogen) atoms. The fourth-order valence-corrected chi connectivity index (χ4v) is 9.62. The molecule has 0 spiro atoms. The van der Waals surface area contributed by atoms with Gasteiger partial charge in [-0.1, -0.05) is 160 Å². The largest absolute Gasteiger partial charge is 0.355 e. The lowest BCUT2D eigenvalue weighted by Gasteiger charge is -2.39. The minimum atomic E-state index is -0.194. The van der Waals surface area contributed by atoms with Crippen LogP contribution < -0.4 is 21.1 Å². The van der Waals surface area contributed by atoms with E-state index in [1.807, 2.05) is 6.07 Å². The van der Waals surface area contributed by atoms with Gasteiger partial charge in [-0.05, 0) is 124 Å². The molecule has 0 aliphatic carbocycles. The number of fused-ring (bicyclic) bond motifs is 4. The molecule has 0 unspecified atom stereocenters. The summed E-state index contributed by atoms with van der Waals surface area (Å²) >= 11 is 0. The van der Waals surface area contributed by atoms with Crippen LogP contribution in [0.25, 0.3) is 44.5 Å². The molecule has 0 fully saturated rings. The normalized spacial score (nSPS) is 13.2. The lowest BCUT2D eigenvalue weighted by molar-refractivity contribution is 0.638. The summed E-state index contributed by atoms with van der Waals surface area (Å²) in [5.41, 5.74) is 24.0. The van der Waals surface area contributed by atoms with Crippen LogP contribution in [-0.4, -0.2) is 7.28 Å². The number of nitrogens with one attached hydrogen (secondary N) is 1. The third-order valence-corrected chi connectivity index (χ3v) is 12.6. The van der Waals surface area contributed by atoms with Crippen LogP contribution in [0.5, 0.6) is 0 Å². The van der Waals surface area contributed by atoms with Crippen LogP contribution in [0.3, 0.4) is 0 Å². The van der Waals surface area contributed by atoms with E-state index in [9.17, 15) is 0 Å². The average molecular weight is 758 g/mol. The molecule has 2 aliphatic heterocycles. The molecule has 3 heteroatoms. The van der Waals surface area contributed by atoms with Crippen LogP contribution >= 0.6 is 0 Å². The van der Waals surface area contributed by atoms with Crippen LogP contribution in [0, 0.1) is 26.0 Å². The molecule has 1 N–H and O–H groups in total. The third kappa shape index (κ3) is 6.14. The second-order valence-electron chi connectivity index (χ2n) is 16.6. The maximum Gasteiger partial charge on any atom is 0.197 e. The zero-order chi connectivity index (χ0) is 40.3. The van der Waals surface area contributed by atoms with Crippen molar-refractivity contribution in [3.63, 3.8) is 0 Å². The molecule has 0 saturated carbocycles. The molecule has 283 valence electrons. The Labute approximate surface area is 350 Å². The molecule has 2 nitrogen and oxygen atoms in total. The zero-order valence-corrected chi connectivity index (χ0v) is 34.4. The quantitative estimate of drug-likeness (QED) is 0.163. The molecular weight excluding hydrogens is 711 g/mol. The van der Waals surface area contributed by atoms with Crippen molar-refractivity contribution in [1.82, 2.24) is 0 Å². The maximum absolute atomic E-state index is 3.95. The van der Waals surface area contributed by atoms with Crippen LogP contribution in [0.2, 0.25) is 0 Å². The number of aryl methyl sites for hydroxylation is 2. The van der Waals surface area contributed by atoms with Gasteiger partial charge in [0.05, 0.1) is 11.4 Å². The van der Waals surface area contributed by atoms with Crippen molar-refractivity contribution in [2.45, 2.75) is 52.9 Å². The average Bonchev–Trinajstić information content (AvgIpc) is 3.26. The van der Waals surface area contributed by atoms with Crippen LogP contribution in [-0.2, 0) is 11.8 Å². The number of para-hydroxylation sites is 3. The summed E-state index contributed by atoms with van der Waals surface area (Å²) in [6.45, 7) is 11.4. The van der Waals surface area contributed by atoms with E-state index in [-0.39, 0.29) is 5.41 Å². The van der Waals surface area contributed by atoms with E-state index in [4.69, 9.17) is 0 Å². The van der Waals surface area contributed by atoms with Gasteiger partial charge in [0.1, 0.15) is 0 Å². The van der Waals surface area contributed by atoms with Gasteiger partial charge in [-0.25, -0.2) is 0 Å². The highest BCUT2D eigenvalue weighted by molar-refractivity contribution is 6.73. The lowest BCUT2D eigenvalue weighted by atomic mass is 9.57. The summed E-state index contributed by atoms with van der Waals surface area (Å²) < 4.78 is 0. The van der Waals surface area contributed by atoms with Crippen molar-refractivity contribution < 1.29 is 0 Å². The van der Waals surface area contributed by atoms with Gasteiger partial charge in [0.2, 0.25) is 0 Å². The molecule has 8 aromatic carbocycles. The summed E-state index contributed by atoms with van der Waals surface area (Å²) in [4.78, 5) is 2.55. The van der Waals surface area contributed by atoms with E-state index < -0.39 is 0 Å². The second-order valence-corrected chi connectivity index (χ2v) is 16.6. The van der Waals surface area contributed by atoms with E-state index >= 15 is 0 Å². The topological polar surface area (TPSA) is 15.3 Å². The SMILES string of the molecule is CCCc1cc2c(cc1-c1ccccc1C)[B]c1c(-c3cccc4c3Nc3ccccc3C4(C)C)cc(-c3ccc#cc3C)cc1N2c1ccccc1-c1ccccc1. The summed E-state index contributed by atoms with van der Waals surface area (Å²) in [6.07, 6.45) is 2.04. The first kappa shape index (κ1) is 36.6. The molecule has 0 aromatic heterocycles. The molecule has 0 saturated heterocycles.